The van der Waals surface area contributed by atoms with Gasteiger partial charge in [-0.1, -0.05) is 11.4 Å². The molecule has 2 aliphatic heterocycles. The van der Waals surface area contributed by atoms with Gasteiger partial charge in [0.1, 0.15) is 29.9 Å². The molecule has 3 heterocycles. The molecule has 200 valence electrons. The molecule has 2 aliphatic rings. The summed E-state index contributed by atoms with van der Waals surface area (Å²) in [6.45, 7) is -2.05. The van der Waals surface area contributed by atoms with Crippen molar-refractivity contribution in [3.8, 4) is 0 Å². The summed E-state index contributed by atoms with van der Waals surface area (Å²) in [5, 5.41) is 28.3. The highest BCUT2D eigenvalue weighted by Crippen LogP contribution is 2.57. The molecule has 0 aromatic carbocycles. The van der Waals surface area contributed by atoms with Crippen molar-refractivity contribution in [2.24, 2.45) is 0 Å². The smallest absolute Gasteiger partial charge is 0.330 e. The fourth-order valence-electron chi connectivity index (χ4n) is 3.49. The molecule has 0 aliphatic carbocycles. The van der Waals surface area contributed by atoms with Gasteiger partial charge in [-0.05, 0) is 13.8 Å². The molecule has 6 N–H and O–H groups in total. The molecule has 36 heavy (non-hydrogen) atoms. The van der Waals surface area contributed by atoms with E-state index in [0.717, 1.165) is 23.9 Å². The van der Waals surface area contributed by atoms with E-state index in [1.165, 1.54) is 13.8 Å². The van der Waals surface area contributed by atoms with Gasteiger partial charge in [-0.3, -0.25) is 33.8 Å². The Hall–Kier alpha value is -2.53. The molecule has 16 nitrogen and oxygen atoms in total. The topological polar surface area (TPSA) is 227 Å². The molecule has 2 fully saturated rings. The monoisotopic (exact) mass is 551 g/mol. The molecule has 0 saturated carbocycles. The lowest BCUT2D eigenvalue weighted by Crippen LogP contribution is -2.47. The van der Waals surface area contributed by atoms with E-state index in [-0.39, 0.29) is 5.75 Å². The van der Waals surface area contributed by atoms with E-state index in [2.05, 4.69) is 15.1 Å². The fourth-order valence-corrected chi connectivity index (χ4v) is 7.36. The minimum absolute atomic E-state index is 0.197. The number of esters is 1. The van der Waals surface area contributed by atoms with E-state index >= 15 is 0 Å². The van der Waals surface area contributed by atoms with Crippen molar-refractivity contribution in [1.29, 1.82) is 0 Å². The van der Waals surface area contributed by atoms with E-state index in [4.69, 9.17) is 9.26 Å². The minimum Gasteiger partial charge on any atom is -0.468 e. The molecule has 0 spiro atoms. The van der Waals surface area contributed by atoms with Crippen LogP contribution in [0.25, 0.3) is 0 Å². The molecule has 1 aromatic heterocycles. The Balaban J connectivity index is 1.76. The van der Waals surface area contributed by atoms with Crippen molar-refractivity contribution in [2.45, 2.75) is 50.0 Å². The summed E-state index contributed by atoms with van der Waals surface area (Å²) in [7, 11) is 1.13. The average Bonchev–Trinajstić information content (AvgIpc) is 3.24. The van der Waals surface area contributed by atoms with Gasteiger partial charge in [0.2, 0.25) is 0 Å². The predicted molar refractivity (Wildman–Crippen MR) is 123 cm³/mol. The number of hydrogen-bond acceptors (Lipinski definition) is 12. The number of nitrogens with one attached hydrogen (secondary N) is 4. The number of H-pyrrole nitrogens is 1. The lowest BCUT2D eigenvalue weighted by atomic mass is 9.96. The van der Waals surface area contributed by atoms with Crippen LogP contribution in [-0.2, 0) is 28.2 Å². The number of methoxy groups -OCH3 is 1. The minimum atomic E-state index is -4.02. The molecule has 7 atom stereocenters. The zero-order valence-corrected chi connectivity index (χ0v) is 21.0. The second kappa shape index (κ2) is 10.8. The van der Waals surface area contributed by atoms with Crippen LogP contribution in [0.4, 0.5) is 4.79 Å². The summed E-state index contributed by atoms with van der Waals surface area (Å²) < 4.78 is 30.2. The number of rotatable bonds is 10. The first-order valence-electron chi connectivity index (χ1n) is 10.5. The Kier molecular flexibility index (Phi) is 8.44. The highest BCUT2D eigenvalue weighted by molar-refractivity contribution is 8.56. The summed E-state index contributed by atoms with van der Waals surface area (Å²) in [4.78, 5) is 60.5. The highest BCUT2D eigenvalue weighted by atomic mass is 32.7. The number of aliphatic hydroxyl groups is 2. The molecule has 2 saturated heterocycles. The molecule has 18 heteroatoms. The van der Waals surface area contributed by atoms with E-state index in [1.54, 1.807) is 0 Å². The maximum Gasteiger partial charge on any atom is 0.330 e. The maximum absolute atomic E-state index is 13.5. The highest BCUT2D eigenvalue weighted by Gasteiger charge is 2.54. The second-order valence-corrected chi connectivity index (χ2v) is 12.5. The Bertz CT molecular complexity index is 1190. The maximum atomic E-state index is 13.5. The van der Waals surface area contributed by atoms with Gasteiger partial charge in [-0.25, -0.2) is 14.7 Å². The van der Waals surface area contributed by atoms with Gasteiger partial charge >= 0.3 is 24.4 Å². The lowest BCUT2D eigenvalue weighted by molar-refractivity contribution is -0.142. The second-order valence-electron chi connectivity index (χ2n) is 8.19. The van der Waals surface area contributed by atoms with Crippen LogP contribution in [0, 0.1) is 0 Å². The number of aliphatic hydroxyl groups excluding tert-OH is 1. The molecule has 1 aromatic rings. The summed E-state index contributed by atoms with van der Waals surface area (Å²) in [6.07, 6.45) is -3.28. The van der Waals surface area contributed by atoms with Gasteiger partial charge in [0.25, 0.3) is 11.5 Å². The van der Waals surface area contributed by atoms with Crippen molar-refractivity contribution in [3.63, 3.8) is 0 Å². The lowest BCUT2D eigenvalue weighted by Gasteiger charge is -2.27. The number of imide groups is 1. The third-order valence-electron chi connectivity index (χ3n) is 5.44. The number of ether oxygens (including phenoxy) is 2. The van der Waals surface area contributed by atoms with Gasteiger partial charge in [0.05, 0.1) is 13.7 Å². The zero-order valence-electron chi connectivity index (χ0n) is 19.3. The number of aromatic nitrogens is 2. The van der Waals surface area contributed by atoms with Crippen molar-refractivity contribution in [2.75, 3.05) is 19.5 Å². The summed E-state index contributed by atoms with van der Waals surface area (Å²) in [5.41, 5.74) is -3.59. The Morgan fingerprint density at radius 3 is 2.67 bits per heavy atom. The van der Waals surface area contributed by atoms with Crippen LogP contribution < -0.4 is 27.0 Å². The van der Waals surface area contributed by atoms with Crippen molar-refractivity contribution in [1.82, 2.24) is 25.3 Å². The van der Waals surface area contributed by atoms with E-state index in [0.29, 0.717) is 11.4 Å². The van der Waals surface area contributed by atoms with E-state index in [1.807, 2.05) is 10.3 Å². The number of carbonyl (C=O) groups is 3. The Morgan fingerprint density at radius 2 is 2.08 bits per heavy atom. The van der Waals surface area contributed by atoms with Crippen LogP contribution in [0.1, 0.15) is 20.1 Å². The molecule has 0 radical (unpaired) electrons. The number of carbonyl (C=O) groups excluding carboxylic acids is 3. The van der Waals surface area contributed by atoms with Gasteiger partial charge in [-0.15, -0.1) is 0 Å². The van der Waals surface area contributed by atoms with Crippen molar-refractivity contribution < 1.29 is 43.2 Å². The average molecular weight is 551 g/mol. The first-order chi connectivity index (χ1) is 16.8. The number of amides is 3. The molecule has 3 amide bonds. The number of nitrogens with zero attached hydrogens (tertiary/aromatic N) is 1. The van der Waals surface area contributed by atoms with Crippen molar-refractivity contribution in [3.05, 3.63) is 33.1 Å². The molecule has 0 bridgehead atoms. The molecule has 3 rings (SSSR count). The number of aromatic amines is 1. The van der Waals surface area contributed by atoms with Crippen LogP contribution in [0.3, 0.4) is 0 Å². The quantitative estimate of drug-likeness (QED) is 0.103. The van der Waals surface area contributed by atoms with Gasteiger partial charge in [0, 0.05) is 18.0 Å². The molecule has 0 unspecified atom stereocenters. The van der Waals surface area contributed by atoms with Crippen LogP contribution in [0.2, 0.25) is 0 Å². The van der Waals surface area contributed by atoms with E-state index < -0.39 is 78.6 Å². The predicted octanol–water partition coefficient (Wildman–Crippen LogP) is -2.24. The SMILES string of the molecule is COC(=O)[C@@H](C)N[P@@](=O)(OC[C@H]1O[C@@H](n2ccc(=O)[nH]c2=O)[C@](C)(O)[C@@H]1O)SC[C@H]1NC(=O)NC1=O. The summed E-state index contributed by atoms with van der Waals surface area (Å²) >= 11 is 0.613. The van der Waals surface area contributed by atoms with Crippen LogP contribution in [0.5, 0.6) is 0 Å². The number of hydrogen-bond donors (Lipinski definition) is 6. The fraction of sp³-hybridized carbons (Fsp3) is 0.611. The first-order valence-corrected chi connectivity index (χ1v) is 13.7. The standard InChI is InChI=1S/C18H26N5O11PS/c1-8(14(27)32-3)22-35(31,36-7-9-13(26)21-16(28)19-9)33-6-10-12(25)18(2,30)15(34-10)23-5-4-11(24)20-17(23)29/h4-5,8-10,12,15,25,30H,6-7H2,1-3H3,(H,22,31)(H,20,24,29)(H2,19,21,26,28)/t8-,9-,10-,12-,15-,18-,35-/m1/s1. The van der Waals surface area contributed by atoms with Gasteiger partial charge < -0.3 is 29.5 Å². The molecular formula is C18H26N5O11PS. The normalized spacial score (nSPS) is 30.4. The van der Waals surface area contributed by atoms with Crippen LogP contribution in [-0.4, -0.2) is 87.0 Å². The van der Waals surface area contributed by atoms with Gasteiger partial charge in [0.15, 0.2) is 6.23 Å². The number of urea groups is 1. The van der Waals surface area contributed by atoms with Crippen LogP contribution in [0.15, 0.2) is 21.9 Å². The third-order valence-corrected chi connectivity index (χ3v) is 9.56. The van der Waals surface area contributed by atoms with Crippen molar-refractivity contribution >= 4 is 36.0 Å². The van der Waals surface area contributed by atoms with Gasteiger partial charge in [-0.2, -0.15) is 0 Å². The first kappa shape index (κ1) is 28.0. The Morgan fingerprint density at radius 1 is 1.39 bits per heavy atom. The zero-order chi connectivity index (χ0) is 26.8. The summed E-state index contributed by atoms with van der Waals surface area (Å²) in [5.74, 6) is -1.60. The van der Waals surface area contributed by atoms with Crippen LogP contribution >= 0.6 is 18.1 Å². The van der Waals surface area contributed by atoms with E-state index in [9.17, 15) is 38.8 Å². The summed E-state index contributed by atoms with van der Waals surface area (Å²) in [6, 6.07) is -1.81. The molecular weight excluding hydrogens is 525 g/mol. The third kappa shape index (κ3) is 6.05. The Labute approximate surface area is 207 Å². The largest absolute Gasteiger partial charge is 0.468 e.